The van der Waals surface area contributed by atoms with E-state index < -0.39 is 18.0 Å². The zero-order valence-electron chi connectivity index (χ0n) is 10.7. The van der Waals surface area contributed by atoms with Crippen molar-refractivity contribution in [2.45, 2.75) is 18.9 Å². The number of rotatable bonds is 6. The first-order chi connectivity index (χ1) is 9.52. The molecule has 0 aliphatic carbocycles. The zero-order chi connectivity index (χ0) is 15.0. The lowest BCUT2D eigenvalue weighted by molar-refractivity contribution is -0.139. The quantitative estimate of drug-likeness (QED) is 0.683. The lowest BCUT2D eigenvalue weighted by Gasteiger charge is -2.12. The number of carboxylic acid groups (broad SMARTS) is 1. The number of amides is 2. The number of aliphatic carboxylic acids is 1. The van der Waals surface area contributed by atoms with Gasteiger partial charge in [-0.2, -0.15) is 0 Å². The zero-order valence-corrected chi connectivity index (χ0v) is 10.7. The molecule has 20 heavy (non-hydrogen) atoms. The van der Waals surface area contributed by atoms with E-state index in [4.69, 9.17) is 11.5 Å². The molecule has 0 fully saturated rings. The van der Waals surface area contributed by atoms with Crippen molar-refractivity contribution in [3.05, 3.63) is 35.6 Å². The molecule has 6 heteroatoms. The maximum atomic E-state index is 12.9. The number of carboxylic acids is 1. The largest absolute Gasteiger partial charge is 0.480 e. The molecule has 1 atom stereocenters. The van der Waals surface area contributed by atoms with Crippen molar-refractivity contribution >= 4 is 12.0 Å². The monoisotopic (exact) mass is 278 g/mol. The first-order valence-electron chi connectivity index (χ1n) is 5.98. The number of nitrogens with one attached hydrogen (secondary N) is 2. The highest BCUT2D eigenvalue weighted by Gasteiger charge is 2.18. The summed E-state index contributed by atoms with van der Waals surface area (Å²) >= 11 is 0. The van der Waals surface area contributed by atoms with Gasteiger partial charge in [-0.05, 0) is 24.1 Å². The average molecular weight is 278 g/mol. The molecule has 0 bridgehead atoms. The Balaban J connectivity index is 2.36. The highest BCUT2D eigenvalue weighted by atomic mass is 19.1. The van der Waals surface area contributed by atoms with E-state index in [1.165, 1.54) is 12.1 Å². The van der Waals surface area contributed by atoms with Gasteiger partial charge < -0.3 is 15.7 Å². The second-order valence-corrected chi connectivity index (χ2v) is 4.08. The molecule has 1 aromatic carbocycles. The summed E-state index contributed by atoms with van der Waals surface area (Å²) in [5.74, 6) is 0.645. The van der Waals surface area contributed by atoms with E-state index >= 15 is 0 Å². The predicted octanol–water partition coefficient (Wildman–Crippen LogP) is 1.14. The fraction of sp³-hybridized carbons (Fsp3) is 0.286. The highest BCUT2D eigenvalue weighted by molar-refractivity contribution is 5.82. The first-order valence-corrected chi connectivity index (χ1v) is 5.98. The SMILES string of the molecule is C#CCC(NC(=O)NCCc1cccc(F)c1)C(=O)O. The number of hydrogen-bond acceptors (Lipinski definition) is 2. The van der Waals surface area contributed by atoms with Crippen molar-refractivity contribution in [3.63, 3.8) is 0 Å². The summed E-state index contributed by atoms with van der Waals surface area (Å²) in [7, 11) is 0. The van der Waals surface area contributed by atoms with Crippen LogP contribution in [-0.4, -0.2) is 29.7 Å². The Kier molecular flexibility index (Phi) is 6.04. The Morgan fingerprint density at radius 3 is 2.80 bits per heavy atom. The van der Waals surface area contributed by atoms with Gasteiger partial charge >= 0.3 is 12.0 Å². The summed E-state index contributed by atoms with van der Waals surface area (Å²) in [6.45, 7) is 0.262. The predicted molar refractivity (Wildman–Crippen MR) is 71.5 cm³/mol. The van der Waals surface area contributed by atoms with Crippen LogP contribution in [0.25, 0.3) is 0 Å². The van der Waals surface area contributed by atoms with E-state index in [0.717, 1.165) is 5.56 Å². The van der Waals surface area contributed by atoms with E-state index in [1.54, 1.807) is 12.1 Å². The Morgan fingerprint density at radius 2 is 2.20 bits per heavy atom. The standard InChI is InChI=1S/C14H15FN2O3/c1-2-4-12(13(18)19)17-14(20)16-8-7-10-5-3-6-11(15)9-10/h1,3,5-6,9,12H,4,7-8H2,(H,18,19)(H2,16,17,20). The van der Waals surface area contributed by atoms with Gasteiger partial charge in [0.25, 0.3) is 0 Å². The van der Waals surface area contributed by atoms with Crippen LogP contribution in [0.5, 0.6) is 0 Å². The van der Waals surface area contributed by atoms with Crippen molar-refractivity contribution < 1.29 is 19.1 Å². The van der Waals surface area contributed by atoms with Gasteiger partial charge in [0.1, 0.15) is 11.9 Å². The summed E-state index contributed by atoms with van der Waals surface area (Å²) < 4.78 is 12.9. The molecular weight excluding hydrogens is 263 g/mol. The van der Waals surface area contributed by atoms with Gasteiger partial charge in [-0.3, -0.25) is 0 Å². The van der Waals surface area contributed by atoms with Crippen molar-refractivity contribution in [1.29, 1.82) is 0 Å². The van der Waals surface area contributed by atoms with E-state index in [1.807, 2.05) is 0 Å². The molecule has 2 amide bonds. The smallest absolute Gasteiger partial charge is 0.327 e. The Hall–Kier alpha value is -2.55. The molecule has 0 aliphatic heterocycles. The lowest BCUT2D eigenvalue weighted by Crippen LogP contribution is -2.46. The molecule has 5 nitrogen and oxygen atoms in total. The van der Waals surface area contributed by atoms with Crippen LogP contribution >= 0.6 is 0 Å². The third kappa shape index (κ3) is 5.40. The minimum Gasteiger partial charge on any atom is -0.480 e. The molecule has 1 unspecified atom stereocenters. The van der Waals surface area contributed by atoms with Crippen LogP contribution in [-0.2, 0) is 11.2 Å². The molecule has 3 N–H and O–H groups in total. The van der Waals surface area contributed by atoms with Crippen molar-refractivity contribution in [2.75, 3.05) is 6.54 Å². The summed E-state index contributed by atoms with van der Waals surface area (Å²) in [5, 5.41) is 13.5. The van der Waals surface area contributed by atoms with Gasteiger partial charge in [-0.15, -0.1) is 12.3 Å². The number of terminal acetylenes is 1. The Morgan fingerprint density at radius 1 is 1.45 bits per heavy atom. The fourth-order valence-electron chi connectivity index (χ4n) is 1.54. The van der Waals surface area contributed by atoms with Gasteiger partial charge in [0.2, 0.25) is 0 Å². The number of hydrogen-bond donors (Lipinski definition) is 3. The molecular formula is C14H15FN2O3. The van der Waals surface area contributed by atoms with Gasteiger partial charge in [0.05, 0.1) is 0 Å². The Labute approximate surface area is 116 Å². The van der Waals surface area contributed by atoms with Crippen molar-refractivity contribution in [2.24, 2.45) is 0 Å². The molecule has 1 rings (SSSR count). The maximum absolute atomic E-state index is 12.9. The average Bonchev–Trinajstić information content (AvgIpc) is 2.38. The second-order valence-electron chi connectivity index (χ2n) is 4.08. The lowest BCUT2D eigenvalue weighted by atomic mass is 10.1. The maximum Gasteiger partial charge on any atom is 0.327 e. The number of halogens is 1. The van der Waals surface area contributed by atoms with Crippen LogP contribution in [0.4, 0.5) is 9.18 Å². The number of urea groups is 1. The van der Waals surface area contributed by atoms with E-state index in [2.05, 4.69) is 16.6 Å². The molecule has 0 saturated heterocycles. The van der Waals surface area contributed by atoms with Crippen LogP contribution in [0.1, 0.15) is 12.0 Å². The Bertz CT molecular complexity index is 525. The van der Waals surface area contributed by atoms with E-state index in [0.29, 0.717) is 6.42 Å². The van der Waals surface area contributed by atoms with Crippen molar-refractivity contribution in [3.8, 4) is 12.3 Å². The molecule has 0 spiro atoms. The molecule has 1 aromatic rings. The minimum absolute atomic E-state index is 0.0906. The first kappa shape index (κ1) is 15.5. The summed E-state index contributed by atoms with van der Waals surface area (Å²) in [4.78, 5) is 22.2. The summed E-state index contributed by atoms with van der Waals surface area (Å²) in [5.41, 5.74) is 0.740. The molecule has 106 valence electrons. The minimum atomic E-state index is -1.19. The number of benzene rings is 1. The van der Waals surface area contributed by atoms with Gasteiger partial charge in [-0.25, -0.2) is 14.0 Å². The molecule has 0 aromatic heterocycles. The highest BCUT2D eigenvalue weighted by Crippen LogP contribution is 2.03. The number of carbonyl (C=O) groups is 2. The van der Waals surface area contributed by atoms with Gasteiger partial charge in [0.15, 0.2) is 0 Å². The normalized spacial score (nSPS) is 11.2. The fourth-order valence-corrected chi connectivity index (χ4v) is 1.54. The molecule has 0 aliphatic rings. The third-order valence-corrected chi connectivity index (χ3v) is 2.51. The van der Waals surface area contributed by atoms with Crippen LogP contribution in [0.2, 0.25) is 0 Å². The van der Waals surface area contributed by atoms with Gasteiger partial charge in [0, 0.05) is 13.0 Å². The second kappa shape index (κ2) is 7.79. The topological polar surface area (TPSA) is 78.4 Å². The van der Waals surface area contributed by atoms with E-state index in [-0.39, 0.29) is 18.8 Å². The van der Waals surface area contributed by atoms with Crippen LogP contribution < -0.4 is 10.6 Å². The van der Waals surface area contributed by atoms with Crippen LogP contribution in [0, 0.1) is 18.2 Å². The van der Waals surface area contributed by atoms with E-state index in [9.17, 15) is 14.0 Å². The van der Waals surface area contributed by atoms with Crippen LogP contribution in [0.3, 0.4) is 0 Å². The third-order valence-electron chi connectivity index (χ3n) is 2.51. The summed E-state index contributed by atoms with van der Waals surface area (Å²) in [6.07, 6.45) is 5.36. The number of carbonyl (C=O) groups excluding carboxylic acids is 1. The van der Waals surface area contributed by atoms with Crippen molar-refractivity contribution in [1.82, 2.24) is 10.6 Å². The van der Waals surface area contributed by atoms with Gasteiger partial charge in [-0.1, -0.05) is 12.1 Å². The summed E-state index contributed by atoms with van der Waals surface area (Å²) in [6, 6.07) is 4.29. The molecule has 0 saturated carbocycles. The molecule has 0 heterocycles. The van der Waals surface area contributed by atoms with Crippen LogP contribution in [0.15, 0.2) is 24.3 Å². The molecule has 0 radical (unpaired) electrons.